The van der Waals surface area contributed by atoms with Gasteiger partial charge in [0.05, 0.1) is 12.5 Å². The molecule has 4 amide bonds. The van der Waals surface area contributed by atoms with E-state index in [4.69, 9.17) is 16.6 Å². The topological polar surface area (TPSA) is 194 Å². The molecule has 0 aliphatic rings. The molecule has 0 aromatic carbocycles. The van der Waals surface area contributed by atoms with Crippen LogP contribution in [-0.4, -0.2) is 64.6 Å². The first-order chi connectivity index (χ1) is 14.3. The van der Waals surface area contributed by atoms with Gasteiger partial charge in [-0.2, -0.15) is 12.6 Å². The van der Waals surface area contributed by atoms with Gasteiger partial charge in [0.25, 0.3) is 0 Å². The lowest BCUT2D eigenvalue weighted by atomic mass is 9.98. The molecule has 31 heavy (non-hydrogen) atoms. The number of amides is 4. The van der Waals surface area contributed by atoms with Gasteiger partial charge < -0.3 is 32.5 Å². The molecule has 0 fully saturated rings. The summed E-state index contributed by atoms with van der Waals surface area (Å²) in [7, 11) is 0. The lowest BCUT2D eigenvalue weighted by molar-refractivity contribution is -0.141. The highest BCUT2D eigenvalue weighted by atomic mass is 32.1. The summed E-state index contributed by atoms with van der Waals surface area (Å²) in [5.74, 6) is -4.58. The van der Waals surface area contributed by atoms with Crippen molar-refractivity contribution in [2.45, 2.75) is 71.1 Å². The predicted molar refractivity (Wildman–Crippen MR) is 118 cm³/mol. The van der Waals surface area contributed by atoms with Gasteiger partial charge in [0, 0.05) is 5.75 Å². The molecule has 0 aromatic rings. The van der Waals surface area contributed by atoms with Crippen molar-refractivity contribution >= 4 is 42.2 Å². The zero-order valence-corrected chi connectivity index (χ0v) is 19.3. The minimum Gasteiger partial charge on any atom is -0.480 e. The van der Waals surface area contributed by atoms with Crippen molar-refractivity contribution < 1.29 is 29.1 Å². The second-order valence-electron chi connectivity index (χ2n) is 7.92. The third kappa shape index (κ3) is 10.5. The van der Waals surface area contributed by atoms with Gasteiger partial charge in [0.15, 0.2) is 0 Å². The Balaban J connectivity index is 5.48. The molecule has 0 aliphatic heterocycles. The molecule has 8 N–H and O–H groups in total. The summed E-state index contributed by atoms with van der Waals surface area (Å²) >= 11 is 3.90. The van der Waals surface area contributed by atoms with Gasteiger partial charge in [-0.15, -0.1) is 0 Å². The van der Waals surface area contributed by atoms with E-state index in [9.17, 15) is 24.0 Å². The molecule has 12 heteroatoms. The Morgan fingerprint density at radius 1 is 0.903 bits per heavy atom. The zero-order chi connectivity index (χ0) is 24.3. The lowest BCUT2D eigenvalue weighted by Gasteiger charge is -2.26. The van der Waals surface area contributed by atoms with Gasteiger partial charge in [-0.25, -0.2) is 4.79 Å². The van der Waals surface area contributed by atoms with Crippen molar-refractivity contribution in [1.82, 2.24) is 16.0 Å². The normalized spacial score (nSPS) is 15.8. The van der Waals surface area contributed by atoms with Crippen LogP contribution in [-0.2, 0) is 24.0 Å². The number of primary amides is 1. The first-order valence-electron chi connectivity index (χ1n) is 10.1. The predicted octanol–water partition coefficient (Wildman–Crippen LogP) is -1.25. The maximum atomic E-state index is 12.8. The van der Waals surface area contributed by atoms with Crippen LogP contribution in [0, 0.1) is 11.8 Å². The third-order valence-electron chi connectivity index (χ3n) is 4.74. The van der Waals surface area contributed by atoms with Gasteiger partial charge in [-0.05, 0) is 18.3 Å². The highest BCUT2D eigenvalue weighted by Crippen LogP contribution is 2.08. The molecule has 0 heterocycles. The van der Waals surface area contributed by atoms with Crippen molar-refractivity contribution in [3.05, 3.63) is 0 Å². The quantitative estimate of drug-likeness (QED) is 0.157. The van der Waals surface area contributed by atoms with Crippen LogP contribution in [0.15, 0.2) is 0 Å². The minimum absolute atomic E-state index is 0.0293. The molecule has 0 spiro atoms. The van der Waals surface area contributed by atoms with E-state index in [1.807, 2.05) is 20.8 Å². The SMILES string of the molecule is CCC(C)C(N)C(=O)NC(CC(N)=O)C(=O)NC(CC(C)C)C(=O)NC(CS)C(=O)O. The highest BCUT2D eigenvalue weighted by molar-refractivity contribution is 7.80. The van der Waals surface area contributed by atoms with E-state index in [1.165, 1.54) is 0 Å². The number of hydrogen-bond acceptors (Lipinski definition) is 7. The second-order valence-corrected chi connectivity index (χ2v) is 8.28. The Morgan fingerprint density at radius 3 is 1.81 bits per heavy atom. The minimum atomic E-state index is -1.33. The summed E-state index contributed by atoms with van der Waals surface area (Å²) < 4.78 is 0. The van der Waals surface area contributed by atoms with E-state index >= 15 is 0 Å². The molecule has 0 aromatic heterocycles. The van der Waals surface area contributed by atoms with Crippen LogP contribution in [0.25, 0.3) is 0 Å². The average Bonchev–Trinajstić information content (AvgIpc) is 2.68. The van der Waals surface area contributed by atoms with Crippen molar-refractivity contribution in [1.29, 1.82) is 0 Å². The van der Waals surface area contributed by atoms with Crippen molar-refractivity contribution in [2.75, 3.05) is 5.75 Å². The molecular formula is C19H35N5O6S. The summed E-state index contributed by atoms with van der Waals surface area (Å²) in [5.41, 5.74) is 11.1. The number of rotatable bonds is 14. The Hall–Kier alpha value is -2.34. The molecule has 5 unspecified atom stereocenters. The Kier molecular flexibility index (Phi) is 12.8. The second kappa shape index (κ2) is 13.9. The van der Waals surface area contributed by atoms with Gasteiger partial charge in [0.2, 0.25) is 23.6 Å². The van der Waals surface area contributed by atoms with Crippen LogP contribution in [0.1, 0.15) is 47.0 Å². The molecule has 0 saturated carbocycles. The van der Waals surface area contributed by atoms with Crippen molar-refractivity contribution in [3.8, 4) is 0 Å². The number of carbonyl (C=O) groups excluding carboxylic acids is 4. The molecular weight excluding hydrogens is 426 g/mol. The number of hydrogen-bond donors (Lipinski definition) is 7. The third-order valence-corrected chi connectivity index (χ3v) is 5.10. The molecule has 5 atom stereocenters. The van der Waals surface area contributed by atoms with E-state index in [0.29, 0.717) is 6.42 Å². The standard InChI is InChI=1S/C19H35N5O6S/c1-5-10(4)15(21)18(28)23-12(7-14(20)25)17(27)22-11(6-9(2)3)16(26)24-13(8-31)19(29)30/h9-13,15,31H,5-8,21H2,1-4H3,(H2,20,25)(H,22,27)(H,23,28)(H,24,26)(H,29,30). The van der Waals surface area contributed by atoms with Crippen LogP contribution < -0.4 is 27.4 Å². The summed E-state index contributed by atoms with van der Waals surface area (Å²) in [6, 6.07) is -4.56. The largest absolute Gasteiger partial charge is 0.480 e. The van der Waals surface area contributed by atoms with E-state index in [0.717, 1.165) is 0 Å². The van der Waals surface area contributed by atoms with Crippen LogP contribution in [0.5, 0.6) is 0 Å². The van der Waals surface area contributed by atoms with Crippen molar-refractivity contribution in [2.24, 2.45) is 23.3 Å². The highest BCUT2D eigenvalue weighted by Gasteiger charge is 2.31. The first-order valence-corrected chi connectivity index (χ1v) is 10.8. The molecule has 0 aliphatic carbocycles. The van der Waals surface area contributed by atoms with E-state index < -0.39 is 60.2 Å². The first kappa shape index (κ1) is 28.7. The van der Waals surface area contributed by atoms with E-state index in [-0.39, 0.29) is 24.0 Å². The smallest absolute Gasteiger partial charge is 0.327 e. The Bertz CT molecular complexity index is 660. The summed E-state index contributed by atoms with van der Waals surface area (Å²) in [4.78, 5) is 60.3. The number of carbonyl (C=O) groups is 5. The molecule has 0 bridgehead atoms. The van der Waals surface area contributed by atoms with Crippen LogP contribution in [0.3, 0.4) is 0 Å². The number of aliphatic carboxylic acids is 1. The number of nitrogens with one attached hydrogen (secondary N) is 3. The van der Waals surface area contributed by atoms with Crippen LogP contribution >= 0.6 is 12.6 Å². The fourth-order valence-corrected chi connectivity index (χ4v) is 2.87. The van der Waals surface area contributed by atoms with E-state index in [2.05, 4.69) is 28.6 Å². The summed E-state index contributed by atoms with van der Waals surface area (Å²) in [6.45, 7) is 7.26. The summed E-state index contributed by atoms with van der Waals surface area (Å²) in [6.07, 6.45) is 0.336. The number of thiol groups is 1. The maximum absolute atomic E-state index is 12.8. The van der Waals surface area contributed by atoms with Gasteiger partial charge in [0.1, 0.15) is 18.1 Å². The fourth-order valence-electron chi connectivity index (χ4n) is 2.62. The number of carboxylic acids is 1. The Morgan fingerprint density at radius 2 is 1.39 bits per heavy atom. The van der Waals surface area contributed by atoms with Gasteiger partial charge >= 0.3 is 5.97 Å². The molecule has 178 valence electrons. The van der Waals surface area contributed by atoms with Crippen LogP contribution in [0.2, 0.25) is 0 Å². The number of carboxylic acid groups (broad SMARTS) is 1. The maximum Gasteiger partial charge on any atom is 0.327 e. The Labute approximate surface area is 187 Å². The molecule has 0 saturated heterocycles. The number of nitrogens with two attached hydrogens (primary N) is 2. The van der Waals surface area contributed by atoms with Gasteiger partial charge in [-0.3, -0.25) is 19.2 Å². The molecule has 11 nitrogen and oxygen atoms in total. The fraction of sp³-hybridized carbons (Fsp3) is 0.737. The van der Waals surface area contributed by atoms with Crippen LogP contribution in [0.4, 0.5) is 0 Å². The zero-order valence-electron chi connectivity index (χ0n) is 18.4. The van der Waals surface area contributed by atoms with E-state index in [1.54, 1.807) is 6.92 Å². The van der Waals surface area contributed by atoms with Gasteiger partial charge in [-0.1, -0.05) is 34.1 Å². The molecule has 0 radical (unpaired) electrons. The monoisotopic (exact) mass is 461 g/mol. The molecule has 0 rings (SSSR count). The lowest BCUT2D eigenvalue weighted by Crippen LogP contribution is -2.58. The summed E-state index contributed by atoms with van der Waals surface area (Å²) in [5, 5.41) is 16.3. The average molecular weight is 462 g/mol. The van der Waals surface area contributed by atoms with Crippen molar-refractivity contribution in [3.63, 3.8) is 0 Å².